The van der Waals surface area contributed by atoms with Gasteiger partial charge in [-0.3, -0.25) is 20.4 Å². The highest BCUT2D eigenvalue weighted by molar-refractivity contribution is 5.98. The van der Waals surface area contributed by atoms with Gasteiger partial charge in [-0.1, -0.05) is 0 Å². The molecule has 0 aliphatic carbocycles. The Bertz CT molecular complexity index is 672. The first-order valence-electron chi connectivity index (χ1n) is 6.50. The lowest BCUT2D eigenvalue weighted by Gasteiger charge is -2.10. The zero-order valence-corrected chi connectivity index (χ0v) is 12.5. The number of hydrazine groups is 1. The molecule has 1 aromatic carbocycles. The molecule has 0 spiro atoms. The summed E-state index contributed by atoms with van der Waals surface area (Å²) in [6.07, 6.45) is 1.74. The number of methoxy groups -OCH3 is 2. The van der Waals surface area contributed by atoms with E-state index in [1.807, 2.05) is 0 Å². The van der Waals surface area contributed by atoms with Gasteiger partial charge in [-0.15, -0.1) is 0 Å². The summed E-state index contributed by atoms with van der Waals surface area (Å²) in [4.78, 5) is 24.0. The van der Waals surface area contributed by atoms with Gasteiger partial charge >= 0.3 is 0 Å². The van der Waals surface area contributed by atoms with Crippen molar-refractivity contribution < 1.29 is 19.1 Å². The molecule has 22 heavy (non-hydrogen) atoms. The Morgan fingerprint density at radius 3 is 2.09 bits per heavy atom. The van der Waals surface area contributed by atoms with Gasteiger partial charge in [0, 0.05) is 24.9 Å². The maximum absolute atomic E-state index is 12.1. The molecular formula is C15H17N3O4. The van der Waals surface area contributed by atoms with Crippen LogP contribution in [0.1, 0.15) is 20.8 Å². The highest BCUT2D eigenvalue weighted by Crippen LogP contribution is 2.22. The fraction of sp³-hybridized carbons (Fsp3) is 0.200. The molecule has 1 aromatic heterocycles. The lowest BCUT2D eigenvalue weighted by atomic mass is 10.2. The van der Waals surface area contributed by atoms with Gasteiger partial charge in [-0.05, 0) is 24.3 Å². The Hall–Kier alpha value is -2.96. The molecule has 0 bridgehead atoms. The minimum absolute atomic E-state index is 0.309. The van der Waals surface area contributed by atoms with E-state index in [2.05, 4.69) is 10.9 Å². The summed E-state index contributed by atoms with van der Waals surface area (Å²) in [7, 11) is 4.73. The van der Waals surface area contributed by atoms with Crippen LogP contribution in [-0.2, 0) is 7.05 Å². The Labute approximate surface area is 127 Å². The number of rotatable bonds is 4. The number of amides is 2. The number of ether oxygens (including phenoxy) is 2. The van der Waals surface area contributed by atoms with Gasteiger partial charge in [0.05, 0.1) is 14.2 Å². The number of aryl methyl sites for hydroxylation is 1. The third kappa shape index (κ3) is 3.38. The number of carbonyl (C=O) groups excluding carboxylic acids is 2. The second-order valence-electron chi connectivity index (χ2n) is 4.51. The van der Waals surface area contributed by atoms with E-state index in [4.69, 9.17) is 9.47 Å². The predicted octanol–water partition coefficient (Wildman–Crippen LogP) is 1.12. The van der Waals surface area contributed by atoms with Gasteiger partial charge in [-0.25, -0.2) is 0 Å². The monoisotopic (exact) mass is 303 g/mol. The molecule has 0 saturated heterocycles. The molecule has 0 radical (unpaired) electrons. The van der Waals surface area contributed by atoms with Crippen LogP contribution >= 0.6 is 0 Å². The topological polar surface area (TPSA) is 81.6 Å². The molecule has 0 unspecified atom stereocenters. The molecule has 2 aromatic rings. The van der Waals surface area contributed by atoms with Crippen LogP contribution in [0.2, 0.25) is 0 Å². The average molecular weight is 303 g/mol. The summed E-state index contributed by atoms with van der Waals surface area (Å²) in [5.41, 5.74) is 5.45. The van der Waals surface area contributed by atoms with Gasteiger partial charge in [0.25, 0.3) is 11.8 Å². The van der Waals surface area contributed by atoms with Crippen molar-refractivity contribution in [1.82, 2.24) is 15.4 Å². The number of nitrogens with one attached hydrogen (secondary N) is 2. The minimum atomic E-state index is -0.472. The van der Waals surface area contributed by atoms with Gasteiger partial charge in [0.15, 0.2) is 0 Å². The smallest absolute Gasteiger partial charge is 0.286 e. The molecule has 7 heteroatoms. The van der Waals surface area contributed by atoms with Crippen molar-refractivity contribution in [3.05, 3.63) is 47.8 Å². The van der Waals surface area contributed by atoms with Crippen molar-refractivity contribution in [2.75, 3.05) is 14.2 Å². The molecule has 0 saturated carbocycles. The Morgan fingerprint density at radius 1 is 1.00 bits per heavy atom. The van der Waals surface area contributed by atoms with E-state index in [0.717, 1.165) is 0 Å². The fourth-order valence-electron chi connectivity index (χ4n) is 1.89. The first-order chi connectivity index (χ1) is 10.5. The van der Waals surface area contributed by atoms with E-state index < -0.39 is 11.8 Å². The zero-order chi connectivity index (χ0) is 16.1. The standard InChI is InChI=1S/C15H17N3O4/c1-18-6-4-5-13(18)15(20)17-16-14(19)10-7-11(21-2)9-12(8-10)22-3/h4-9H,1-3H3,(H,16,19)(H,17,20). The van der Waals surface area contributed by atoms with E-state index in [9.17, 15) is 9.59 Å². The van der Waals surface area contributed by atoms with Crippen LogP contribution in [0.4, 0.5) is 0 Å². The SMILES string of the molecule is COc1cc(OC)cc(C(=O)NNC(=O)c2cccn2C)c1. The van der Waals surface area contributed by atoms with Crippen LogP contribution in [0.15, 0.2) is 36.5 Å². The number of carbonyl (C=O) groups is 2. The Morgan fingerprint density at radius 2 is 1.59 bits per heavy atom. The van der Waals surface area contributed by atoms with Crippen molar-refractivity contribution in [2.45, 2.75) is 0 Å². The van der Waals surface area contributed by atoms with E-state index in [1.54, 1.807) is 48.1 Å². The quantitative estimate of drug-likeness (QED) is 0.829. The van der Waals surface area contributed by atoms with Crippen molar-refractivity contribution in [3.8, 4) is 11.5 Å². The number of aromatic nitrogens is 1. The molecule has 0 atom stereocenters. The average Bonchev–Trinajstić information content (AvgIpc) is 2.97. The van der Waals surface area contributed by atoms with Crippen LogP contribution in [0, 0.1) is 0 Å². The summed E-state index contributed by atoms with van der Waals surface area (Å²) in [6.45, 7) is 0. The summed E-state index contributed by atoms with van der Waals surface area (Å²) in [6, 6.07) is 8.14. The first-order valence-corrected chi connectivity index (χ1v) is 6.50. The lowest BCUT2D eigenvalue weighted by molar-refractivity contribution is 0.0842. The maximum Gasteiger partial charge on any atom is 0.286 e. The van der Waals surface area contributed by atoms with Gasteiger partial charge in [0.2, 0.25) is 0 Å². The molecule has 2 N–H and O–H groups in total. The van der Waals surface area contributed by atoms with Crippen LogP contribution in [0.25, 0.3) is 0 Å². The minimum Gasteiger partial charge on any atom is -0.497 e. The molecule has 0 fully saturated rings. The molecule has 7 nitrogen and oxygen atoms in total. The number of nitrogens with zero attached hydrogens (tertiary/aromatic N) is 1. The Kier molecular flexibility index (Phi) is 4.67. The predicted molar refractivity (Wildman–Crippen MR) is 79.9 cm³/mol. The van der Waals surface area contributed by atoms with Crippen LogP contribution in [0.5, 0.6) is 11.5 Å². The number of hydrogen-bond donors (Lipinski definition) is 2. The second kappa shape index (κ2) is 6.66. The summed E-state index contributed by atoms with van der Waals surface area (Å²) < 4.78 is 11.8. The largest absolute Gasteiger partial charge is 0.497 e. The number of hydrogen-bond acceptors (Lipinski definition) is 4. The highest BCUT2D eigenvalue weighted by Gasteiger charge is 2.13. The zero-order valence-electron chi connectivity index (χ0n) is 12.5. The molecule has 0 aliphatic heterocycles. The third-order valence-corrected chi connectivity index (χ3v) is 3.08. The summed E-state index contributed by atoms with van der Waals surface area (Å²) in [5.74, 6) is 0.0898. The maximum atomic E-state index is 12.1. The fourth-order valence-corrected chi connectivity index (χ4v) is 1.89. The van der Waals surface area contributed by atoms with E-state index in [-0.39, 0.29) is 0 Å². The van der Waals surface area contributed by atoms with Gasteiger partial charge in [-0.2, -0.15) is 0 Å². The first kappa shape index (κ1) is 15.4. The number of benzene rings is 1. The summed E-state index contributed by atoms with van der Waals surface area (Å²) in [5, 5.41) is 0. The molecular weight excluding hydrogens is 286 g/mol. The van der Waals surface area contributed by atoms with Gasteiger partial charge < -0.3 is 14.0 Å². The molecule has 0 aliphatic rings. The van der Waals surface area contributed by atoms with Gasteiger partial charge in [0.1, 0.15) is 17.2 Å². The summed E-state index contributed by atoms with van der Waals surface area (Å²) >= 11 is 0. The normalized spacial score (nSPS) is 9.95. The Balaban J connectivity index is 2.06. The third-order valence-electron chi connectivity index (χ3n) is 3.08. The molecule has 116 valence electrons. The van der Waals surface area contributed by atoms with E-state index in [1.165, 1.54) is 14.2 Å². The molecule has 2 rings (SSSR count). The van der Waals surface area contributed by atoms with Crippen LogP contribution < -0.4 is 20.3 Å². The van der Waals surface area contributed by atoms with E-state index in [0.29, 0.717) is 22.8 Å². The molecule has 1 heterocycles. The highest BCUT2D eigenvalue weighted by atomic mass is 16.5. The van der Waals surface area contributed by atoms with Crippen molar-refractivity contribution >= 4 is 11.8 Å². The van der Waals surface area contributed by atoms with Crippen LogP contribution in [-0.4, -0.2) is 30.6 Å². The molecule has 2 amide bonds. The van der Waals surface area contributed by atoms with Crippen LogP contribution in [0.3, 0.4) is 0 Å². The van der Waals surface area contributed by atoms with Crippen molar-refractivity contribution in [1.29, 1.82) is 0 Å². The second-order valence-corrected chi connectivity index (χ2v) is 4.51. The van der Waals surface area contributed by atoms with Crippen molar-refractivity contribution in [2.24, 2.45) is 7.05 Å². The van der Waals surface area contributed by atoms with Crippen molar-refractivity contribution in [3.63, 3.8) is 0 Å². The lowest BCUT2D eigenvalue weighted by Crippen LogP contribution is -2.42. The van der Waals surface area contributed by atoms with E-state index >= 15 is 0 Å².